The van der Waals surface area contributed by atoms with E-state index in [-0.39, 0.29) is 0 Å². The number of thiazole rings is 1. The van der Waals surface area contributed by atoms with Crippen LogP contribution in [0, 0.1) is 6.92 Å². The Bertz CT molecular complexity index is 525. The molecule has 1 heterocycles. The summed E-state index contributed by atoms with van der Waals surface area (Å²) in [5.74, 6) is 0. The summed E-state index contributed by atoms with van der Waals surface area (Å²) >= 11 is 7.03. The SMILES string of the molecule is CCNCc1ccc(Sc2nc(C)cs2)c(Br)c1. The topological polar surface area (TPSA) is 24.9 Å². The Balaban J connectivity index is 2.09. The first-order valence-electron chi connectivity index (χ1n) is 5.78. The lowest BCUT2D eigenvalue weighted by Crippen LogP contribution is -2.11. The third-order valence-electron chi connectivity index (χ3n) is 2.37. The van der Waals surface area contributed by atoms with Crippen LogP contribution in [0.4, 0.5) is 0 Å². The Labute approximate surface area is 124 Å². The van der Waals surface area contributed by atoms with Crippen molar-refractivity contribution in [3.8, 4) is 0 Å². The molecule has 0 aliphatic heterocycles. The average molecular weight is 343 g/mol. The molecule has 0 unspecified atom stereocenters. The van der Waals surface area contributed by atoms with E-state index in [1.807, 2.05) is 6.92 Å². The van der Waals surface area contributed by atoms with Gasteiger partial charge in [0.25, 0.3) is 0 Å². The smallest absolute Gasteiger partial charge is 0.154 e. The molecule has 0 spiro atoms. The average Bonchev–Trinajstić information content (AvgIpc) is 2.75. The van der Waals surface area contributed by atoms with Gasteiger partial charge in [-0.25, -0.2) is 4.98 Å². The maximum atomic E-state index is 4.47. The summed E-state index contributed by atoms with van der Waals surface area (Å²) in [6, 6.07) is 6.49. The van der Waals surface area contributed by atoms with Gasteiger partial charge < -0.3 is 5.32 Å². The highest BCUT2D eigenvalue weighted by Crippen LogP contribution is 2.35. The number of aryl methyl sites for hydroxylation is 1. The summed E-state index contributed by atoms with van der Waals surface area (Å²) < 4.78 is 2.23. The highest BCUT2D eigenvalue weighted by Gasteiger charge is 2.06. The maximum Gasteiger partial charge on any atom is 0.154 e. The Hall–Kier alpha value is -0.360. The number of rotatable bonds is 5. The van der Waals surface area contributed by atoms with E-state index < -0.39 is 0 Å². The van der Waals surface area contributed by atoms with Gasteiger partial charge in [0.05, 0.1) is 0 Å². The van der Waals surface area contributed by atoms with E-state index in [1.54, 1.807) is 23.1 Å². The lowest BCUT2D eigenvalue weighted by Gasteiger charge is -2.06. The van der Waals surface area contributed by atoms with Gasteiger partial charge in [0, 0.05) is 27.0 Å². The van der Waals surface area contributed by atoms with Crippen LogP contribution in [0.3, 0.4) is 0 Å². The Morgan fingerprint density at radius 1 is 1.44 bits per heavy atom. The second-order valence-electron chi connectivity index (χ2n) is 3.90. The van der Waals surface area contributed by atoms with Gasteiger partial charge in [0.1, 0.15) is 0 Å². The molecule has 0 aliphatic rings. The van der Waals surface area contributed by atoms with Crippen molar-refractivity contribution in [2.24, 2.45) is 0 Å². The van der Waals surface area contributed by atoms with E-state index in [2.05, 4.69) is 56.7 Å². The van der Waals surface area contributed by atoms with Crippen LogP contribution in [0.2, 0.25) is 0 Å². The quantitative estimate of drug-likeness (QED) is 0.867. The number of hydrogen-bond acceptors (Lipinski definition) is 4. The monoisotopic (exact) mass is 342 g/mol. The minimum absolute atomic E-state index is 0.913. The molecule has 2 rings (SSSR count). The molecule has 0 amide bonds. The lowest BCUT2D eigenvalue weighted by molar-refractivity contribution is 0.726. The van der Waals surface area contributed by atoms with Gasteiger partial charge in [-0.05, 0) is 47.1 Å². The summed E-state index contributed by atoms with van der Waals surface area (Å²) in [7, 11) is 0. The predicted octanol–water partition coefficient (Wildman–Crippen LogP) is 4.47. The Morgan fingerprint density at radius 2 is 2.28 bits per heavy atom. The first-order chi connectivity index (χ1) is 8.69. The van der Waals surface area contributed by atoms with Gasteiger partial charge in [0.2, 0.25) is 0 Å². The van der Waals surface area contributed by atoms with E-state index in [4.69, 9.17) is 0 Å². The molecule has 1 aromatic carbocycles. The number of halogens is 1. The molecule has 5 heteroatoms. The molecule has 0 radical (unpaired) electrons. The van der Waals surface area contributed by atoms with Gasteiger partial charge >= 0.3 is 0 Å². The van der Waals surface area contributed by atoms with Gasteiger partial charge in [-0.1, -0.05) is 24.8 Å². The summed E-state index contributed by atoms with van der Waals surface area (Å²) in [6.45, 7) is 6.04. The fourth-order valence-corrected chi connectivity index (χ4v) is 3.95. The number of nitrogens with one attached hydrogen (secondary N) is 1. The number of aromatic nitrogens is 1. The fourth-order valence-electron chi connectivity index (χ4n) is 1.48. The van der Waals surface area contributed by atoms with Crippen LogP contribution in [0.1, 0.15) is 18.2 Å². The number of benzene rings is 1. The van der Waals surface area contributed by atoms with Crippen LogP contribution in [0.15, 0.2) is 37.3 Å². The molecule has 2 aromatic rings. The van der Waals surface area contributed by atoms with Crippen molar-refractivity contribution in [1.29, 1.82) is 0 Å². The molecule has 2 nitrogen and oxygen atoms in total. The van der Waals surface area contributed by atoms with Crippen molar-refractivity contribution in [3.05, 3.63) is 39.3 Å². The lowest BCUT2D eigenvalue weighted by atomic mass is 10.2. The van der Waals surface area contributed by atoms with Crippen molar-refractivity contribution in [2.75, 3.05) is 6.54 Å². The summed E-state index contributed by atoms with van der Waals surface area (Å²) in [5.41, 5.74) is 2.38. The van der Waals surface area contributed by atoms with Crippen molar-refractivity contribution in [1.82, 2.24) is 10.3 Å². The molecule has 0 bridgehead atoms. The van der Waals surface area contributed by atoms with Crippen molar-refractivity contribution >= 4 is 39.0 Å². The highest BCUT2D eigenvalue weighted by molar-refractivity contribution is 9.10. The zero-order chi connectivity index (χ0) is 13.0. The predicted molar refractivity (Wildman–Crippen MR) is 82.5 cm³/mol. The van der Waals surface area contributed by atoms with Crippen LogP contribution in [-0.4, -0.2) is 11.5 Å². The van der Waals surface area contributed by atoms with Crippen molar-refractivity contribution in [2.45, 2.75) is 29.6 Å². The molecule has 0 saturated heterocycles. The molecule has 18 heavy (non-hydrogen) atoms. The third kappa shape index (κ3) is 3.82. The molecule has 0 fully saturated rings. The zero-order valence-electron chi connectivity index (χ0n) is 10.4. The molecule has 96 valence electrons. The van der Waals surface area contributed by atoms with Gasteiger partial charge in [-0.2, -0.15) is 0 Å². The molecule has 0 aliphatic carbocycles. The number of nitrogens with zero attached hydrogens (tertiary/aromatic N) is 1. The van der Waals surface area contributed by atoms with Crippen LogP contribution in [0.5, 0.6) is 0 Å². The van der Waals surface area contributed by atoms with E-state index in [0.29, 0.717) is 0 Å². The van der Waals surface area contributed by atoms with Crippen LogP contribution in [0.25, 0.3) is 0 Å². The van der Waals surface area contributed by atoms with Gasteiger partial charge in [-0.3, -0.25) is 0 Å². The van der Waals surface area contributed by atoms with Crippen LogP contribution in [-0.2, 0) is 6.54 Å². The molecule has 0 saturated carbocycles. The largest absolute Gasteiger partial charge is 0.313 e. The van der Waals surface area contributed by atoms with Gasteiger partial charge in [-0.15, -0.1) is 11.3 Å². The molecular formula is C13H15BrN2S2. The molecular weight excluding hydrogens is 328 g/mol. The van der Waals surface area contributed by atoms with E-state index in [0.717, 1.165) is 27.6 Å². The minimum atomic E-state index is 0.913. The minimum Gasteiger partial charge on any atom is -0.313 e. The second-order valence-corrected chi connectivity index (χ2v) is 6.90. The first-order valence-corrected chi connectivity index (χ1v) is 8.27. The standard InChI is InChI=1S/C13H15BrN2S2/c1-3-15-7-10-4-5-12(11(14)6-10)18-13-16-9(2)8-17-13/h4-6,8,15H,3,7H2,1-2H3. The zero-order valence-corrected chi connectivity index (χ0v) is 13.6. The third-order valence-corrected chi connectivity index (χ3v) is 5.42. The van der Waals surface area contributed by atoms with Crippen molar-refractivity contribution < 1.29 is 0 Å². The van der Waals surface area contributed by atoms with Crippen LogP contribution < -0.4 is 5.32 Å². The normalized spacial score (nSPS) is 10.8. The second kappa shape index (κ2) is 6.70. The summed E-state index contributed by atoms with van der Waals surface area (Å²) in [6.07, 6.45) is 0. The van der Waals surface area contributed by atoms with Gasteiger partial charge in [0.15, 0.2) is 4.34 Å². The van der Waals surface area contributed by atoms with E-state index in [9.17, 15) is 0 Å². The Morgan fingerprint density at radius 3 is 2.89 bits per heavy atom. The van der Waals surface area contributed by atoms with E-state index >= 15 is 0 Å². The Kier molecular flexibility index (Phi) is 5.24. The first kappa shape index (κ1) is 14.1. The number of hydrogen-bond donors (Lipinski definition) is 1. The van der Waals surface area contributed by atoms with E-state index in [1.165, 1.54) is 10.5 Å². The highest BCUT2D eigenvalue weighted by atomic mass is 79.9. The van der Waals surface area contributed by atoms with Crippen LogP contribution >= 0.6 is 39.0 Å². The fraction of sp³-hybridized carbons (Fsp3) is 0.308. The molecule has 1 N–H and O–H groups in total. The maximum absolute atomic E-state index is 4.47. The summed E-state index contributed by atoms with van der Waals surface area (Å²) in [5, 5.41) is 5.41. The molecule has 0 atom stereocenters. The summed E-state index contributed by atoms with van der Waals surface area (Å²) in [4.78, 5) is 5.68. The van der Waals surface area contributed by atoms with Crippen molar-refractivity contribution in [3.63, 3.8) is 0 Å². The molecule has 1 aromatic heterocycles.